The number of carbonyl (C=O) groups excluding carboxylic acids is 1. The molecule has 8 heteroatoms. The Labute approximate surface area is 199 Å². The summed E-state index contributed by atoms with van der Waals surface area (Å²) in [5, 5.41) is 6.70. The van der Waals surface area contributed by atoms with E-state index < -0.39 is 0 Å². The number of halogens is 1. The molecule has 4 heterocycles. The zero-order valence-electron chi connectivity index (χ0n) is 18.0. The Bertz CT molecular complexity index is 1490. The molecule has 0 saturated heterocycles. The van der Waals surface area contributed by atoms with Crippen LogP contribution >= 0.6 is 22.9 Å². The maximum Gasteiger partial charge on any atom is 0.187 e. The van der Waals surface area contributed by atoms with Gasteiger partial charge < -0.3 is 5.32 Å². The van der Waals surface area contributed by atoms with Crippen molar-refractivity contribution in [2.45, 2.75) is 20.3 Å². The first-order valence-corrected chi connectivity index (χ1v) is 11.6. The maximum absolute atomic E-state index is 12.8. The highest BCUT2D eigenvalue weighted by atomic mass is 35.5. The summed E-state index contributed by atoms with van der Waals surface area (Å²) >= 11 is 7.60. The molecule has 164 valence electrons. The van der Waals surface area contributed by atoms with Crippen LogP contribution < -0.4 is 5.32 Å². The number of Topliss-reactive ketones (excluding diaryl/α,β-unsaturated/α-hetero) is 1. The average molecular weight is 474 g/mol. The average Bonchev–Trinajstić information content (AvgIpc) is 3.38. The van der Waals surface area contributed by atoms with Crippen LogP contribution in [0, 0.1) is 13.8 Å². The molecule has 0 fully saturated rings. The van der Waals surface area contributed by atoms with Crippen LogP contribution in [0.15, 0.2) is 66.3 Å². The van der Waals surface area contributed by atoms with Crippen LogP contribution in [0.1, 0.15) is 27.3 Å². The minimum Gasteiger partial charge on any atom is -0.332 e. The van der Waals surface area contributed by atoms with E-state index in [1.165, 1.54) is 11.3 Å². The van der Waals surface area contributed by atoms with Crippen molar-refractivity contribution in [1.82, 2.24) is 19.4 Å². The normalized spacial score (nSPS) is 11.1. The van der Waals surface area contributed by atoms with E-state index in [2.05, 4.69) is 15.3 Å². The predicted molar refractivity (Wildman–Crippen MR) is 133 cm³/mol. The van der Waals surface area contributed by atoms with Gasteiger partial charge >= 0.3 is 0 Å². The van der Waals surface area contributed by atoms with Gasteiger partial charge in [-0.15, -0.1) is 11.3 Å². The molecule has 0 unspecified atom stereocenters. The number of thiazole rings is 1. The van der Waals surface area contributed by atoms with E-state index in [1.807, 2.05) is 78.4 Å². The topological polar surface area (TPSA) is 72.2 Å². The second-order valence-electron chi connectivity index (χ2n) is 7.71. The molecule has 0 spiro atoms. The van der Waals surface area contributed by atoms with Crippen LogP contribution in [0.25, 0.3) is 17.0 Å². The van der Waals surface area contributed by atoms with Gasteiger partial charge in [0.2, 0.25) is 0 Å². The zero-order chi connectivity index (χ0) is 22.9. The molecule has 0 saturated carbocycles. The van der Waals surface area contributed by atoms with Gasteiger partial charge in [0.25, 0.3) is 0 Å². The van der Waals surface area contributed by atoms with Gasteiger partial charge in [-0.3, -0.25) is 14.2 Å². The van der Waals surface area contributed by atoms with Crippen molar-refractivity contribution in [3.05, 3.63) is 93.8 Å². The maximum atomic E-state index is 12.8. The number of carbonyl (C=O) groups is 1. The van der Waals surface area contributed by atoms with Gasteiger partial charge in [0.05, 0.1) is 11.4 Å². The van der Waals surface area contributed by atoms with Crippen molar-refractivity contribution in [3.8, 4) is 11.4 Å². The molecular weight excluding hydrogens is 454 g/mol. The Morgan fingerprint density at radius 2 is 1.97 bits per heavy atom. The number of aryl methyl sites for hydroxylation is 2. The van der Waals surface area contributed by atoms with Gasteiger partial charge in [0.1, 0.15) is 11.3 Å². The van der Waals surface area contributed by atoms with Crippen molar-refractivity contribution in [3.63, 3.8) is 0 Å². The minimum absolute atomic E-state index is 0.0505. The number of benzene rings is 1. The van der Waals surface area contributed by atoms with Crippen LogP contribution in [-0.2, 0) is 6.42 Å². The molecule has 0 aliphatic rings. The Morgan fingerprint density at radius 3 is 2.82 bits per heavy atom. The third-order valence-corrected chi connectivity index (χ3v) is 6.41. The monoisotopic (exact) mass is 473 g/mol. The van der Waals surface area contributed by atoms with Gasteiger partial charge in [-0.05, 0) is 43.7 Å². The first-order chi connectivity index (χ1) is 16.0. The number of hydrogen-bond donors (Lipinski definition) is 1. The number of nitrogens with zero attached hydrogens (tertiary/aromatic N) is 4. The number of fused-ring (bicyclic) bond motifs is 1. The van der Waals surface area contributed by atoms with E-state index in [0.29, 0.717) is 17.0 Å². The molecule has 0 atom stereocenters. The molecule has 6 nitrogen and oxygen atoms in total. The summed E-state index contributed by atoms with van der Waals surface area (Å²) in [7, 11) is 0. The molecule has 1 aromatic carbocycles. The summed E-state index contributed by atoms with van der Waals surface area (Å²) in [6.45, 7) is 3.88. The molecule has 0 amide bonds. The summed E-state index contributed by atoms with van der Waals surface area (Å²) in [5.74, 6) is 0.0505. The standard InChI is InChI=1S/C25H20ClN5OS/c1-15-17(6-4-9-27-15)12-22(32)18-5-3-7-20(11-18)29-25-30-21(14-33-25)24-16(2)28-23-13-19(26)8-10-31(23)24/h3-11,13-14H,12H2,1-2H3,(H,29,30). The second-order valence-corrected chi connectivity index (χ2v) is 9.01. The van der Waals surface area contributed by atoms with Crippen molar-refractivity contribution in [2.24, 2.45) is 0 Å². The van der Waals surface area contributed by atoms with E-state index in [4.69, 9.17) is 16.6 Å². The van der Waals surface area contributed by atoms with Crippen LogP contribution in [-0.4, -0.2) is 25.1 Å². The Morgan fingerprint density at radius 1 is 1.09 bits per heavy atom. The summed E-state index contributed by atoms with van der Waals surface area (Å²) in [6, 6.07) is 15.0. The number of aromatic nitrogens is 4. The molecular formula is C25H20ClN5OS. The van der Waals surface area contributed by atoms with Crippen LogP contribution in [0.5, 0.6) is 0 Å². The SMILES string of the molecule is Cc1ncccc1CC(=O)c1cccc(Nc2nc(-c3c(C)nc4cc(Cl)ccn34)cs2)c1. The first-order valence-electron chi connectivity index (χ1n) is 10.4. The smallest absolute Gasteiger partial charge is 0.187 e. The Kier molecular flexibility index (Phi) is 5.66. The van der Waals surface area contributed by atoms with Crippen LogP contribution in [0.2, 0.25) is 5.02 Å². The van der Waals surface area contributed by atoms with E-state index in [1.54, 1.807) is 6.20 Å². The lowest BCUT2D eigenvalue weighted by Gasteiger charge is -2.07. The summed E-state index contributed by atoms with van der Waals surface area (Å²) in [4.78, 5) is 26.4. The third-order valence-electron chi connectivity index (χ3n) is 5.41. The fourth-order valence-electron chi connectivity index (χ4n) is 3.76. The van der Waals surface area contributed by atoms with Crippen LogP contribution in [0.4, 0.5) is 10.8 Å². The number of anilines is 2. The second kappa shape index (κ2) is 8.77. The lowest BCUT2D eigenvalue weighted by molar-refractivity contribution is 0.0992. The van der Waals surface area contributed by atoms with Crippen LogP contribution in [0.3, 0.4) is 0 Å². The van der Waals surface area contributed by atoms with E-state index in [9.17, 15) is 4.79 Å². The summed E-state index contributed by atoms with van der Waals surface area (Å²) in [5.41, 5.74) is 6.70. The van der Waals surface area contributed by atoms with Gasteiger partial charge in [-0.1, -0.05) is 29.8 Å². The highest BCUT2D eigenvalue weighted by Crippen LogP contribution is 2.30. The van der Waals surface area contributed by atoms with Gasteiger partial charge in [0, 0.05) is 52.2 Å². The predicted octanol–water partition coefficient (Wildman–Crippen LogP) is 6.29. The fraction of sp³-hybridized carbons (Fsp3) is 0.120. The van der Waals surface area contributed by atoms with E-state index in [0.717, 1.165) is 44.8 Å². The number of imidazole rings is 1. The zero-order valence-corrected chi connectivity index (χ0v) is 19.6. The Balaban J connectivity index is 1.37. The van der Waals surface area contributed by atoms with Gasteiger partial charge in [-0.2, -0.15) is 0 Å². The third kappa shape index (κ3) is 4.37. The molecule has 0 aliphatic heterocycles. The first kappa shape index (κ1) is 21.3. The molecule has 5 rings (SSSR count). The number of ketones is 1. The quantitative estimate of drug-likeness (QED) is 0.293. The van der Waals surface area contributed by atoms with E-state index >= 15 is 0 Å². The van der Waals surface area contributed by atoms with E-state index in [-0.39, 0.29) is 5.78 Å². The summed E-state index contributed by atoms with van der Waals surface area (Å²) in [6.07, 6.45) is 3.96. The number of nitrogens with one attached hydrogen (secondary N) is 1. The lowest BCUT2D eigenvalue weighted by Crippen LogP contribution is -2.06. The lowest BCUT2D eigenvalue weighted by atomic mass is 10.0. The van der Waals surface area contributed by atoms with Gasteiger partial charge in [-0.25, -0.2) is 9.97 Å². The van der Waals surface area contributed by atoms with Crippen molar-refractivity contribution >= 4 is 45.2 Å². The van der Waals surface area contributed by atoms with Gasteiger partial charge in [0.15, 0.2) is 10.9 Å². The number of pyridine rings is 2. The molecule has 1 N–H and O–H groups in total. The van der Waals surface area contributed by atoms with Crippen molar-refractivity contribution < 1.29 is 4.79 Å². The molecule has 5 aromatic rings. The number of hydrogen-bond acceptors (Lipinski definition) is 6. The largest absolute Gasteiger partial charge is 0.332 e. The molecule has 0 radical (unpaired) electrons. The Hall–Kier alpha value is -3.55. The number of rotatable bonds is 6. The molecule has 4 aromatic heterocycles. The van der Waals surface area contributed by atoms with Crippen molar-refractivity contribution in [2.75, 3.05) is 5.32 Å². The summed E-state index contributed by atoms with van der Waals surface area (Å²) < 4.78 is 1.99. The van der Waals surface area contributed by atoms with Crippen molar-refractivity contribution in [1.29, 1.82) is 0 Å². The molecule has 0 bridgehead atoms. The highest BCUT2D eigenvalue weighted by molar-refractivity contribution is 7.14. The highest BCUT2D eigenvalue weighted by Gasteiger charge is 2.15. The molecule has 33 heavy (non-hydrogen) atoms. The fourth-order valence-corrected chi connectivity index (χ4v) is 4.63. The minimum atomic E-state index is 0.0505. The molecule has 0 aliphatic carbocycles.